The van der Waals surface area contributed by atoms with Crippen molar-refractivity contribution in [2.24, 2.45) is 0 Å². The first-order valence-corrected chi connectivity index (χ1v) is 9.41. The molecule has 1 heterocycles. The first-order valence-electron chi connectivity index (χ1n) is 8.19. The molecule has 0 radical (unpaired) electrons. The van der Waals surface area contributed by atoms with Gasteiger partial charge < -0.3 is 10.6 Å². The highest BCUT2D eigenvalue weighted by molar-refractivity contribution is 7.98. The summed E-state index contributed by atoms with van der Waals surface area (Å²) in [5.41, 5.74) is 1.24. The molecule has 0 atom stereocenters. The molecule has 2 aromatic carbocycles. The molecule has 28 heavy (non-hydrogen) atoms. The number of rotatable bonds is 6. The van der Waals surface area contributed by atoms with Crippen molar-refractivity contribution in [2.75, 3.05) is 18.1 Å². The average molecular weight is 402 g/mol. The highest BCUT2D eigenvalue weighted by Crippen LogP contribution is 2.19. The number of hydrogen-bond donors (Lipinski definition) is 2. The van der Waals surface area contributed by atoms with Crippen LogP contribution in [0.3, 0.4) is 0 Å². The lowest BCUT2D eigenvalue weighted by Gasteiger charge is -2.10. The fourth-order valence-corrected chi connectivity index (χ4v) is 3.01. The fraction of sp³-hybridized carbons (Fsp3) is 0.105. The Labute approximate surface area is 164 Å². The van der Waals surface area contributed by atoms with Crippen molar-refractivity contribution in [1.29, 1.82) is 0 Å². The maximum absolute atomic E-state index is 13.2. The van der Waals surface area contributed by atoms with Crippen LogP contribution in [0.15, 0.2) is 60.0 Å². The van der Waals surface area contributed by atoms with Gasteiger partial charge in [0.2, 0.25) is 5.91 Å². The van der Waals surface area contributed by atoms with E-state index < -0.39 is 23.4 Å². The summed E-state index contributed by atoms with van der Waals surface area (Å²) < 4.78 is 27.9. The van der Waals surface area contributed by atoms with Gasteiger partial charge in [-0.2, -0.15) is 0 Å². The monoisotopic (exact) mass is 402 g/mol. The second-order valence-corrected chi connectivity index (χ2v) is 6.47. The number of halogens is 2. The number of anilines is 1. The number of imidazole rings is 1. The third-order valence-corrected chi connectivity index (χ3v) is 4.46. The van der Waals surface area contributed by atoms with E-state index in [4.69, 9.17) is 0 Å². The second-order valence-electron chi connectivity index (χ2n) is 5.69. The minimum absolute atomic E-state index is 0.102. The third kappa shape index (κ3) is 4.55. The summed E-state index contributed by atoms with van der Waals surface area (Å²) in [5, 5.41) is 5.67. The molecule has 0 aliphatic carbocycles. The van der Waals surface area contributed by atoms with E-state index in [1.807, 2.05) is 16.9 Å². The molecule has 144 valence electrons. The second kappa shape index (κ2) is 8.66. The molecule has 0 bridgehead atoms. The fourth-order valence-electron chi connectivity index (χ4n) is 2.48. The van der Waals surface area contributed by atoms with E-state index in [1.54, 1.807) is 30.6 Å². The predicted octanol–water partition coefficient (Wildman–Crippen LogP) is 3.24. The summed E-state index contributed by atoms with van der Waals surface area (Å²) in [7, 11) is 0. The van der Waals surface area contributed by atoms with E-state index in [1.165, 1.54) is 17.8 Å². The van der Waals surface area contributed by atoms with Crippen molar-refractivity contribution in [3.63, 3.8) is 0 Å². The summed E-state index contributed by atoms with van der Waals surface area (Å²) in [5.74, 6) is -3.07. The van der Waals surface area contributed by atoms with Crippen LogP contribution in [0.5, 0.6) is 0 Å². The van der Waals surface area contributed by atoms with Crippen LogP contribution < -0.4 is 10.6 Å². The maximum atomic E-state index is 13.2. The van der Waals surface area contributed by atoms with Gasteiger partial charge in [-0.1, -0.05) is 17.8 Å². The minimum atomic E-state index is -1.07. The van der Waals surface area contributed by atoms with Crippen molar-refractivity contribution in [1.82, 2.24) is 14.9 Å². The molecule has 3 rings (SSSR count). The Morgan fingerprint density at radius 2 is 1.96 bits per heavy atom. The Morgan fingerprint density at radius 3 is 2.71 bits per heavy atom. The zero-order chi connectivity index (χ0) is 20.1. The van der Waals surface area contributed by atoms with Gasteiger partial charge in [0.1, 0.15) is 0 Å². The zero-order valence-corrected chi connectivity index (χ0v) is 15.6. The number of thioether (sulfide) groups is 1. The topological polar surface area (TPSA) is 76.0 Å². The van der Waals surface area contributed by atoms with Crippen molar-refractivity contribution in [3.8, 4) is 5.69 Å². The molecule has 3 aromatic rings. The van der Waals surface area contributed by atoms with Gasteiger partial charge in [-0.05, 0) is 36.6 Å². The normalized spacial score (nSPS) is 10.5. The van der Waals surface area contributed by atoms with Crippen LogP contribution in [0.25, 0.3) is 5.69 Å². The van der Waals surface area contributed by atoms with Crippen LogP contribution in [-0.4, -0.2) is 34.2 Å². The molecule has 0 saturated carbocycles. The van der Waals surface area contributed by atoms with Gasteiger partial charge in [-0.25, -0.2) is 13.8 Å². The van der Waals surface area contributed by atoms with E-state index >= 15 is 0 Å². The molecule has 0 fully saturated rings. The lowest BCUT2D eigenvalue weighted by atomic mass is 10.2. The smallest absolute Gasteiger partial charge is 0.251 e. The first-order chi connectivity index (χ1) is 13.5. The number of hydrogen-bond acceptors (Lipinski definition) is 4. The highest BCUT2D eigenvalue weighted by Gasteiger charge is 2.11. The summed E-state index contributed by atoms with van der Waals surface area (Å²) >= 11 is 1.48. The Bertz CT molecular complexity index is 1020. The zero-order valence-electron chi connectivity index (χ0n) is 14.8. The lowest BCUT2D eigenvalue weighted by molar-refractivity contribution is -0.115. The third-order valence-electron chi connectivity index (χ3n) is 3.79. The summed E-state index contributed by atoms with van der Waals surface area (Å²) in [4.78, 5) is 28.5. The molecule has 0 aliphatic rings. The highest BCUT2D eigenvalue weighted by atomic mass is 32.2. The van der Waals surface area contributed by atoms with E-state index in [0.29, 0.717) is 5.56 Å². The van der Waals surface area contributed by atoms with E-state index in [9.17, 15) is 18.4 Å². The molecular formula is C19H16F2N4O2S. The number of nitrogens with one attached hydrogen (secondary N) is 2. The Kier molecular flexibility index (Phi) is 6.05. The molecule has 6 nitrogen and oxygen atoms in total. The standard InChI is InChI=1S/C19H16F2N4O2S/c1-28-19-22-7-8-25(19)14-4-2-3-12(9-14)18(27)23-11-17(26)24-13-5-6-15(20)16(21)10-13/h2-10H,11H2,1H3,(H,23,27)(H,24,26). The Hall–Kier alpha value is -3.20. The maximum Gasteiger partial charge on any atom is 0.251 e. The molecular weight excluding hydrogens is 386 g/mol. The van der Waals surface area contributed by atoms with Crippen LogP contribution in [0.1, 0.15) is 10.4 Å². The molecule has 0 saturated heterocycles. The molecule has 0 unspecified atom stereocenters. The van der Waals surface area contributed by atoms with Gasteiger partial charge in [0.05, 0.1) is 6.54 Å². The van der Waals surface area contributed by atoms with E-state index in [-0.39, 0.29) is 12.2 Å². The summed E-state index contributed by atoms with van der Waals surface area (Å²) in [6.07, 6.45) is 5.36. The van der Waals surface area contributed by atoms with E-state index in [2.05, 4.69) is 15.6 Å². The predicted molar refractivity (Wildman–Crippen MR) is 103 cm³/mol. The van der Waals surface area contributed by atoms with Gasteiger partial charge in [0.15, 0.2) is 16.8 Å². The summed E-state index contributed by atoms with van der Waals surface area (Å²) in [6, 6.07) is 9.90. The number of aromatic nitrogens is 2. The van der Waals surface area contributed by atoms with Crippen LogP contribution >= 0.6 is 11.8 Å². The molecule has 0 spiro atoms. The van der Waals surface area contributed by atoms with Crippen molar-refractivity contribution in [2.45, 2.75) is 5.16 Å². The average Bonchev–Trinajstić information content (AvgIpc) is 3.18. The number of benzene rings is 2. The summed E-state index contributed by atoms with van der Waals surface area (Å²) in [6.45, 7) is -0.316. The molecule has 9 heteroatoms. The quantitative estimate of drug-likeness (QED) is 0.621. The SMILES string of the molecule is CSc1nccn1-c1cccc(C(=O)NCC(=O)Nc2ccc(F)c(F)c2)c1. The van der Waals surface area contributed by atoms with Gasteiger partial charge in [-0.3, -0.25) is 14.2 Å². The number of carbonyl (C=O) groups excluding carboxylic acids is 2. The molecule has 2 amide bonds. The van der Waals surface area contributed by atoms with Crippen LogP contribution in [-0.2, 0) is 4.79 Å². The van der Waals surface area contributed by atoms with Crippen molar-refractivity contribution in [3.05, 3.63) is 72.1 Å². The largest absolute Gasteiger partial charge is 0.343 e. The molecule has 2 N–H and O–H groups in total. The Morgan fingerprint density at radius 1 is 1.14 bits per heavy atom. The van der Waals surface area contributed by atoms with Crippen LogP contribution in [0, 0.1) is 11.6 Å². The number of nitrogens with zero attached hydrogens (tertiary/aromatic N) is 2. The van der Waals surface area contributed by atoms with Crippen LogP contribution in [0.2, 0.25) is 0 Å². The number of amides is 2. The van der Waals surface area contributed by atoms with Gasteiger partial charge in [0.25, 0.3) is 5.91 Å². The van der Waals surface area contributed by atoms with Crippen molar-refractivity contribution >= 4 is 29.3 Å². The Balaban J connectivity index is 1.62. The number of carbonyl (C=O) groups is 2. The van der Waals surface area contributed by atoms with E-state index in [0.717, 1.165) is 23.0 Å². The molecule has 1 aromatic heterocycles. The van der Waals surface area contributed by atoms with Crippen molar-refractivity contribution < 1.29 is 18.4 Å². The minimum Gasteiger partial charge on any atom is -0.343 e. The molecule has 0 aliphatic heterocycles. The van der Waals surface area contributed by atoms with Gasteiger partial charge >= 0.3 is 0 Å². The van der Waals surface area contributed by atoms with Gasteiger partial charge in [-0.15, -0.1) is 0 Å². The van der Waals surface area contributed by atoms with Crippen LogP contribution in [0.4, 0.5) is 14.5 Å². The lowest BCUT2D eigenvalue weighted by Crippen LogP contribution is -2.32. The first kappa shape index (κ1) is 19.6. The van der Waals surface area contributed by atoms with Gasteiger partial charge in [0, 0.05) is 35.4 Å².